The highest BCUT2D eigenvalue weighted by Crippen LogP contribution is 1.99. The van der Waals surface area contributed by atoms with Crippen LogP contribution in [0.25, 0.3) is 0 Å². The number of hydrogen-bond donors (Lipinski definition) is 1. The molecule has 0 spiro atoms. The standard InChI is InChI=1S/C12H23N3O2/c1-3-6-15(7-4-2)12(17)10-14-8-5-13-11(16)9-14/h3-10H2,1-2H3,(H,13,16). The third-order valence-corrected chi connectivity index (χ3v) is 2.82. The number of rotatable bonds is 6. The fourth-order valence-corrected chi connectivity index (χ4v) is 2.02. The molecule has 0 atom stereocenters. The summed E-state index contributed by atoms with van der Waals surface area (Å²) in [6.45, 7) is 7.90. The van der Waals surface area contributed by atoms with Crippen LogP contribution in [0.4, 0.5) is 0 Å². The van der Waals surface area contributed by atoms with Gasteiger partial charge in [-0.2, -0.15) is 0 Å². The van der Waals surface area contributed by atoms with E-state index in [1.54, 1.807) is 0 Å². The van der Waals surface area contributed by atoms with Crippen LogP contribution in [-0.2, 0) is 9.59 Å². The van der Waals surface area contributed by atoms with Crippen molar-refractivity contribution in [3.8, 4) is 0 Å². The van der Waals surface area contributed by atoms with Crippen molar-refractivity contribution in [1.29, 1.82) is 0 Å². The average Bonchev–Trinajstić information content (AvgIpc) is 2.28. The summed E-state index contributed by atoms with van der Waals surface area (Å²) in [6.07, 6.45) is 1.96. The predicted molar refractivity (Wildman–Crippen MR) is 66.6 cm³/mol. The normalized spacial score (nSPS) is 16.7. The van der Waals surface area contributed by atoms with Gasteiger partial charge in [0, 0.05) is 26.2 Å². The highest BCUT2D eigenvalue weighted by atomic mass is 16.2. The minimum absolute atomic E-state index is 0.0154. The van der Waals surface area contributed by atoms with Gasteiger partial charge in [0.2, 0.25) is 11.8 Å². The Labute approximate surface area is 103 Å². The molecule has 1 heterocycles. The second kappa shape index (κ2) is 7.27. The Balaban J connectivity index is 2.41. The van der Waals surface area contributed by atoms with Gasteiger partial charge in [-0.15, -0.1) is 0 Å². The number of piperazine rings is 1. The minimum atomic E-state index is 0.0154. The molecule has 98 valence electrons. The van der Waals surface area contributed by atoms with Crippen molar-refractivity contribution in [2.45, 2.75) is 26.7 Å². The summed E-state index contributed by atoms with van der Waals surface area (Å²) in [5.41, 5.74) is 0. The molecule has 2 amide bonds. The SMILES string of the molecule is CCCN(CCC)C(=O)CN1CCNC(=O)C1. The third kappa shape index (κ3) is 4.73. The lowest BCUT2D eigenvalue weighted by Gasteiger charge is -2.29. The van der Waals surface area contributed by atoms with Crippen LogP contribution in [0.5, 0.6) is 0 Å². The first kappa shape index (κ1) is 14.0. The van der Waals surface area contributed by atoms with Crippen molar-refractivity contribution in [3.05, 3.63) is 0 Å². The number of hydrogen-bond acceptors (Lipinski definition) is 3. The molecule has 1 aliphatic heterocycles. The van der Waals surface area contributed by atoms with E-state index in [9.17, 15) is 9.59 Å². The van der Waals surface area contributed by atoms with E-state index in [2.05, 4.69) is 19.2 Å². The van der Waals surface area contributed by atoms with Crippen molar-refractivity contribution in [1.82, 2.24) is 15.1 Å². The summed E-state index contributed by atoms with van der Waals surface area (Å²) in [7, 11) is 0. The van der Waals surface area contributed by atoms with Gasteiger partial charge in [-0.3, -0.25) is 14.5 Å². The van der Waals surface area contributed by atoms with E-state index in [-0.39, 0.29) is 11.8 Å². The monoisotopic (exact) mass is 241 g/mol. The van der Waals surface area contributed by atoms with Gasteiger partial charge in [-0.05, 0) is 12.8 Å². The number of amides is 2. The molecule has 5 nitrogen and oxygen atoms in total. The van der Waals surface area contributed by atoms with Crippen LogP contribution in [0.3, 0.4) is 0 Å². The Bertz CT molecular complexity index is 262. The van der Waals surface area contributed by atoms with E-state index in [0.29, 0.717) is 19.6 Å². The molecule has 1 rings (SSSR count). The van der Waals surface area contributed by atoms with E-state index >= 15 is 0 Å². The quantitative estimate of drug-likeness (QED) is 0.716. The summed E-state index contributed by atoms with van der Waals surface area (Å²) in [6, 6.07) is 0. The van der Waals surface area contributed by atoms with Gasteiger partial charge in [0.1, 0.15) is 0 Å². The zero-order chi connectivity index (χ0) is 12.7. The van der Waals surface area contributed by atoms with Crippen LogP contribution < -0.4 is 5.32 Å². The van der Waals surface area contributed by atoms with E-state index in [0.717, 1.165) is 32.5 Å². The second-order valence-electron chi connectivity index (χ2n) is 4.44. The molecule has 0 radical (unpaired) electrons. The minimum Gasteiger partial charge on any atom is -0.354 e. The molecule has 0 bridgehead atoms. The van der Waals surface area contributed by atoms with Gasteiger partial charge < -0.3 is 10.2 Å². The highest BCUT2D eigenvalue weighted by Gasteiger charge is 2.20. The molecule has 0 aromatic heterocycles. The van der Waals surface area contributed by atoms with Crippen LogP contribution in [0, 0.1) is 0 Å². The van der Waals surface area contributed by atoms with Crippen molar-refractivity contribution < 1.29 is 9.59 Å². The summed E-state index contributed by atoms with van der Waals surface area (Å²) in [4.78, 5) is 27.1. The molecule has 0 aromatic carbocycles. The van der Waals surface area contributed by atoms with Crippen LogP contribution in [-0.4, -0.2) is 60.9 Å². The van der Waals surface area contributed by atoms with Gasteiger partial charge in [-0.1, -0.05) is 13.8 Å². The van der Waals surface area contributed by atoms with Crippen LogP contribution in [0.2, 0.25) is 0 Å². The molecule has 1 aliphatic rings. The van der Waals surface area contributed by atoms with Crippen LogP contribution >= 0.6 is 0 Å². The first-order valence-electron chi connectivity index (χ1n) is 6.44. The molecule has 1 fully saturated rings. The molecular formula is C12H23N3O2. The first-order chi connectivity index (χ1) is 8.17. The number of nitrogens with one attached hydrogen (secondary N) is 1. The number of carbonyl (C=O) groups is 2. The van der Waals surface area contributed by atoms with E-state index in [1.165, 1.54) is 0 Å². The maximum Gasteiger partial charge on any atom is 0.236 e. The summed E-state index contributed by atoms with van der Waals surface area (Å²) in [5.74, 6) is 0.157. The highest BCUT2D eigenvalue weighted by molar-refractivity contribution is 5.81. The van der Waals surface area contributed by atoms with Crippen molar-refractivity contribution in [3.63, 3.8) is 0 Å². The Morgan fingerprint density at radius 3 is 2.53 bits per heavy atom. The maximum atomic E-state index is 12.1. The van der Waals surface area contributed by atoms with Crippen LogP contribution in [0.15, 0.2) is 0 Å². The lowest BCUT2D eigenvalue weighted by molar-refractivity contribution is -0.134. The van der Waals surface area contributed by atoms with E-state index in [4.69, 9.17) is 0 Å². The predicted octanol–water partition coefficient (Wildman–Crippen LogP) is 0.0668. The zero-order valence-corrected chi connectivity index (χ0v) is 10.9. The molecular weight excluding hydrogens is 218 g/mol. The summed E-state index contributed by atoms with van der Waals surface area (Å²) in [5, 5.41) is 2.76. The Morgan fingerprint density at radius 1 is 1.35 bits per heavy atom. The fourth-order valence-electron chi connectivity index (χ4n) is 2.02. The van der Waals surface area contributed by atoms with Crippen molar-refractivity contribution >= 4 is 11.8 Å². The number of nitrogens with zero attached hydrogens (tertiary/aromatic N) is 2. The largest absolute Gasteiger partial charge is 0.354 e. The third-order valence-electron chi connectivity index (χ3n) is 2.82. The summed E-state index contributed by atoms with van der Waals surface area (Å²) >= 11 is 0. The lowest BCUT2D eigenvalue weighted by atomic mass is 10.3. The molecule has 0 aromatic rings. The maximum absolute atomic E-state index is 12.1. The topological polar surface area (TPSA) is 52.7 Å². The Morgan fingerprint density at radius 2 is 2.00 bits per heavy atom. The molecule has 1 saturated heterocycles. The van der Waals surface area contributed by atoms with Crippen molar-refractivity contribution in [2.75, 3.05) is 39.3 Å². The molecule has 5 heteroatoms. The average molecular weight is 241 g/mol. The van der Waals surface area contributed by atoms with Crippen LogP contribution in [0.1, 0.15) is 26.7 Å². The Kier molecular flexibility index (Phi) is 5.97. The van der Waals surface area contributed by atoms with Gasteiger partial charge >= 0.3 is 0 Å². The van der Waals surface area contributed by atoms with Gasteiger partial charge in [-0.25, -0.2) is 0 Å². The van der Waals surface area contributed by atoms with Gasteiger partial charge in [0.05, 0.1) is 13.1 Å². The lowest BCUT2D eigenvalue weighted by Crippen LogP contribution is -2.51. The zero-order valence-electron chi connectivity index (χ0n) is 10.9. The smallest absolute Gasteiger partial charge is 0.236 e. The summed E-state index contributed by atoms with van der Waals surface area (Å²) < 4.78 is 0. The number of carbonyl (C=O) groups excluding carboxylic acids is 2. The molecule has 0 unspecified atom stereocenters. The van der Waals surface area contributed by atoms with Crippen molar-refractivity contribution in [2.24, 2.45) is 0 Å². The van der Waals surface area contributed by atoms with E-state index < -0.39 is 0 Å². The molecule has 1 N–H and O–H groups in total. The van der Waals surface area contributed by atoms with Gasteiger partial charge in [0.25, 0.3) is 0 Å². The molecule has 0 saturated carbocycles. The van der Waals surface area contributed by atoms with E-state index in [1.807, 2.05) is 9.80 Å². The van der Waals surface area contributed by atoms with Gasteiger partial charge in [0.15, 0.2) is 0 Å². The first-order valence-corrected chi connectivity index (χ1v) is 6.44. The second-order valence-corrected chi connectivity index (χ2v) is 4.44. The fraction of sp³-hybridized carbons (Fsp3) is 0.833. The molecule has 0 aliphatic carbocycles. The Hall–Kier alpha value is -1.10. The molecule has 17 heavy (non-hydrogen) atoms.